The Labute approximate surface area is 197 Å². The molecule has 1 aliphatic heterocycles. The van der Waals surface area contributed by atoms with Crippen LogP contribution in [0.4, 0.5) is 0 Å². The molecule has 1 fully saturated rings. The number of piperidine rings is 1. The number of nitrogens with zero attached hydrogens (tertiary/aromatic N) is 2. The zero-order valence-electron chi connectivity index (χ0n) is 19.3. The molecule has 33 heavy (non-hydrogen) atoms. The van der Waals surface area contributed by atoms with Crippen molar-refractivity contribution in [2.24, 2.45) is 0 Å². The van der Waals surface area contributed by atoms with Gasteiger partial charge in [-0.3, -0.25) is 9.00 Å². The average molecular weight is 466 g/mol. The third kappa shape index (κ3) is 6.18. The van der Waals surface area contributed by atoms with Crippen LogP contribution in [-0.2, 0) is 16.6 Å². The summed E-state index contributed by atoms with van der Waals surface area (Å²) in [6.45, 7) is 7.64. The van der Waals surface area contributed by atoms with E-state index in [4.69, 9.17) is 4.42 Å². The summed E-state index contributed by atoms with van der Waals surface area (Å²) in [4.78, 5) is 20.2. The van der Waals surface area contributed by atoms with Crippen LogP contribution in [0, 0.1) is 13.8 Å². The molecule has 0 aliphatic carbocycles. The van der Waals surface area contributed by atoms with Gasteiger partial charge in [0.2, 0.25) is 5.89 Å². The van der Waals surface area contributed by atoms with E-state index in [0.717, 1.165) is 35.7 Å². The van der Waals surface area contributed by atoms with Gasteiger partial charge in [-0.05, 0) is 76.2 Å². The van der Waals surface area contributed by atoms with Crippen molar-refractivity contribution < 1.29 is 13.4 Å². The predicted molar refractivity (Wildman–Crippen MR) is 131 cm³/mol. The summed E-state index contributed by atoms with van der Waals surface area (Å²) in [6, 6.07) is 14.9. The largest absolute Gasteiger partial charge is 0.441 e. The van der Waals surface area contributed by atoms with Crippen LogP contribution in [0.2, 0.25) is 0 Å². The minimum Gasteiger partial charge on any atom is -0.441 e. The van der Waals surface area contributed by atoms with E-state index in [1.165, 1.54) is 19.3 Å². The van der Waals surface area contributed by atoms with Gasteiger partial charge >= 0.3 is 0 Å². The lowest BCUT2D eigenvalue weighted by Crippen LogP contribution is -2.37. The number of rotatable bonds is 8. The number of hydrogen-bond donors (Lipinski definition) is 1. The van der Waals surface area contributed by atoms with Crippen LogP contribution in [-0.4, -0.2) is 46.2 Å². The second-order valence-corrected chi connectivity index (χ2v) is 10.0. The smallest absolute Gasteiger partial charge is 0.251 e. The number of hydrogen-bond acceptors (Lipinski definition) is 5. The number of carbonyl (C=O) groups excluding carboxylic acids is 1. The maximum absolute atomic E-state index is 12.7. The highest BCUT2D eigenvalue weighted by molar-refractivity contribution is 7.84. The van der Waals surface area contributed by atoms with Gasteiger partial charge in [0.1, 0.15) is 5.76 Å². The fourth-order valence-corrected chi connectivity index (χ4v) is 5.08. The van der Waals surface area contributed by atoms with E-state index in [-0.39, 0.29) is 5.91 Å². The molecule has 174 valence electrons. The van der Waals surface area contributed by atoms with Crippen molar-refractivity contribution in [1.82, 2.24) is 15.2 Å². The van der Waals surface area contributed by atoms with Gasteiger partial charge in [0, 0.05) is 29.1 Å². The topological polar surface area (TPSA) is 75.4 Å². The van der Waals surface area contributed by atoms with Gasteiger partial charge in [0.25, 0.3) is 5.91 Å². The van der Waals surface area contributed by atoms with E-state index in [9.17, 15) is 9.00 Å². The zero-order valence-corrected chi connectivity index (χ0v) is 20.1. The van der Waals surface area contributed by atoms with Crippen molar-refractivity contribution in [2.45, 2.75) is 43.8 Å². The molecule has 1 aromatic heterocycles. The van der Waals surface area contributed by atoms with Crippen LogP contribution < -0.4 is 5.32 Å². The summed E-state index contributed by atoms with van der Waals surface area (Å²) >= 11 is 0. The number of amides is 1. The molecule has 7 heteroatoms. The van der Waals surface area contributed by atoms with Crippen molar-refractivity contribution in [1.29, 1.82) is 0 Å². The molecule has 0 radical (unpaired) electrons. The molecule has 0 spiro atoms. The molecule has 1 saturated heterocycles. The third-order valence-electron chi connectivity index (χ3n) is 6.00. The van der Waals surface area contributed by atoms with Crippen molar-refractivity contribution in [2.75, 3.05) is 26.2 Å². The van der Waals surface area contributed by atoms with Crippen LogP contribution >= 0.6 is 0 Å². The van der Waals surface area contributed by atoms with Crippen molar-refractivity contribution >= 4 is 16.7 Å². The zero-order chi connectivity index (χ0) is 23.2. The fraction of sp³-hybridized carbons (Fsp3) is 0.385. The summed E-state index contributed by atoms with van der Waals surface area (Å²) in [5.41, 5.74) is 3.22. The molecule has 1 atom stereocenters. The predicted octanol–water partition coefficient (Wildman–Crippen LogP) is 4.48. The number of benzene rings is 2. The van der Waals surface area contributed by atoms with Crippen molar-refractivity contribution in [3.8, 4) is 11.5 Å². The Bertz CT molecular complexity index is 1100. The molecule has 4 rings (SSSR count). The van der Waals surface area contributed by atoms with E-state index >= 15 is 0 Å². The van der Waals surface area contributed by atoms with E-state index in [1.807, 2.05) is 50.2 Å². The SMILES string of the molecule is Cc1ccc([S@@](=O)Cc2nc(-c3ccc(C(=O)NCCN4CCCCC4)cc3)oc2C)cc1. The van der Waals surface area contributed by atoms with Gasteiger partial charge in [-0.2, -0.15) is 0 Å². The lowest BCUT2D eigenvalue weighted by molar-refractivity contribution is 0.0946. The molecular weight excluding hydrogens is 434 g/mol. The second kappa shape index (κ2) is 10.9. The monoisotopic (exact) mass is 465 g/mol. The number of aryl methyl sites for hydroxylation is 2. The van der Waals surface area contributed by atoms with Gasteiger partial charge in [0.15, 0.2) is 0 Å². The fourth-order valence-electron chi connectivity index (χ4n) is 3.96. The first-order valence-electron chi connectivity index (χ1n) is 11.5. The van der Waals surface area contributed by atoms with Crippen LogP contribution in [0.25, 0.3) is 11.5 Å². The normalized spacial score (nSPS) is 15.3. The van der Waals surface area contributed by atoms with Crippen LogP contribution in [0.15, 0.2) is 57.8 Å². The molecule has 2 heterocycles. The molecular formula is C26H31N3O3S. The van der Waals surface area contributed by atoms with Gasteiger partial charge in [-0.15, -0.1) is 0 Å². The lowest BCUT2D eigenvalue weighted by Gasteiger charge is -2.26. The molecule has 6 nitrogen and oxygen atoms in total. The molecule has 1 aliphatic rings. The van der Waals surface area contributed by atoms with E-state index in [2.05, 4.69) is 15.2 Å². The van der Waals surface area contributed by atoms with Crippen molar-refractivity contribution in [3.63, 3.8) is 0 Å². The molecule has 0 saturated carbocycles. The second-order valence-electron chi connectivity index (χ2n) is 8.56. The van der Waals surface area contributed by atoms with E-state index in [0.29, 0.717) is 35.2 Å². The van der Waals surface area contributed by atoms with Crippen LogP contribution in [0.5, 0.6) is 0 Å². The summed E-state index contributed by atoms with van der Waals surface area (Å²) in [6.07, 6.45) is 3.81. The molecule has 3 aromatic rings. The maximum Gasteiger partial charge on any atom is 0.251 e. The average Bonchev–Trinajstić information content (AvgIpc) is 3.20. The van der Waals surface area contributed by atoms with Crippen molar-refractivity contribution in [3.05, 3.63) is 71.1 Å². The van der Waals surface area contributed by atoms with E-state index < -0.39 is 10.8 Å². The summed E-state index contributed by atoms with van der Waals surface area (Å²) in [7, 11) is -1.19. The Morgan fingerprint density at radius 2 is 1.73 bits per heavy atom. The Balaban J connectivity index is 1.35. The Kier molecular flexibility index (Phi) is 7.73. The van der Waals surface area contributed by atoms with Gasteiger partial charge in [-0.25, -0.2) is 4.98 Å². The summed E-state index contributed by atoms with van der Waals surface area (Å²) in [5, 5.41) is 3.01. The molecule has 0 unspecified atom stereocenters. The Morgan fingerprint density at radius 3 is 2.42 bits per heavy atom. The van der Waals surface area contributed by atoms with Crippen LogP contribution in [0.1, 0.15) is 46.6 Å². The molecule has 0 bridgehead atoms. The number of nitrogens with one attached hydrogen (secondary N) is 1. The number of aromatic nitrogens is 1. The number of oxazole rings is 1. The quantitative estimate of drug-likeness (QED) is 0.531. The molecule has 2 aromatic carbocycles. The van der Waals surface area contributed by atoms with Gasteiger partial charge in [-0.1, -0.05) is 24.1 Å². The van der Waals surface area contributed by atoms with Gasteiger partial charge < -0.3 is 14.6 Å². The molecule has 1 amide bonds. The summed E-state index contributed by atoms with van der Waals surface area (Å²) < 4.78 is 18.5. The van der Waals surface area contributed by atoms with Crippen LogP contribution in [0.3, 0.4) is 0 Å². The minimum absolute atomic E-state index is 0.0728. The maximum atomic E-state index is 12.7. The first-order chi connectivity index (χ1) is 16.0. The lowest BCUT2D eigenvalue weighted by atomic mass is 10.1. The highest BCUT2D eigenvalue weighted by Crippen LogP contribution is 2.24. The number of likely N-dealkylation sites (tertiary alicyclic amines) is 1. The van der Waals surface area contributed by atoms with E-state index in [1.54, 1.807) is 12.1 Å². The number of carbonyl (C=O) groups is 1. The molecule has 1 N–H and O–H groups in total. The first-order valence-corrected chi connectivity index (χ1v) is 12.8. The van der Waals surface area contributed by atoms with Gasteiger partial charge in [0.05, 0.1) is 22.2 Å². The Hall–Kier alpha value is -2.77. The first kappa shape index (κ1) is 23.4. The standard InChI is InChI=1S/C26H31N3O3S/c1-19-6-12-23(13-7-19)33(31)18-24-20(2)32-26(28-24)22-10-8-21(9-11-22)25(30)27-14-17-29-15-4-3-5-16-29/h6-13H,3-5,14-18H2,1-2H3,(H,27,30)/t33-/m0/s1. The minimum atomic E-state index is -1.19. The Morgan fingerprint density at radius 1 is 1.03 bits per heavy atom. The third-order valence-corrected chi connectivity index (χ3v) is 7.33. The highest BCUT2D eigenvalue weighted by Gasteiger charge is 2.16. The highest BCUT2D eigenvalue weighted by atomic mass is 32.2. The summed E-state index contributed by atoms with van der Waals surface area (Å²) in [5.74, 6) is 1.36.